The van der Waals surface area contributed by atoms with Crippen molar-refractivity contribution in [1.29, 1.82) is 0 Å². The van der Waals surface area contributed by atoms with Crippen molar-refractivity contribution >= 4 is 22.2 Å². The largest absolute Gasteiger partial charge is 0.348 e. The van der Waals surface area contributed by atoms with Crippen LogP contribution in [0.25, 0.3) is 4.96 Å². The third-order valence-corrected chi connectivity index (χ3v) is 7.04. The fraction of sp³-hybridized carbons (Fsp3) is 0.435. The van der Waals surface area contributed by atoms with Crippen LogP contribution in [0.15, 0.2) is 46.7 Å². The van der Waals surface area contributed by atoms with Gasteiger partial charge in [0.1, 0.15) is 0 Å². The van der Waals surface area contributed by atoms with Gasteiger partial charge < -0.3 is 5.32 Å². The van der Waals surface area contributed by atoms with Crippen molar-refractivity contribution in [2.24, 2.45) is 0 Å². The minimum absolute atomic E-state index is 0.0270. The third-order valence-electron chi connectivity index (χ3n) is 6.28. The van der Waals surface area contributed by atoms with E-state index in [2.05, 4.69) is 44.4 Å². The van der Waals surface area contributed by atoms with Crippen LogP contribution in [0.5, 0.6) is 0 Å². The number of amides is 1. The van der Waals surface area contributed by atoms with Crippen LogP contribution >= 0.6 is 11.3 Å². The molecule has 1 N–H and O–H groups in total. The van der Waals surface area contributed by atoms with Crippen LogP contribution in [0.2, 0.25) is 0 Å². The molecule has 2 aromatic heterocycles. The number of thiazole rings is 1. The van der Waals surface area contributed by atoms with E-state index in [0.29, 0.717) is 13.1 Å². The molecule has 1 fully saturated rings. The normalized spacial score (nSPS) is 19.9. The van der Waals surface area contributed by atoms with Gasteiger partial charge in [0.25, 0.3) is 5.56 Å². The summed E-state index contributed by atoms with van der Waals surface area (Å²) in [5.41, 5.74) is 3.43. The van der Waals surface area contributed by atoms with Crippen molar-refractivity contribution in [2.75, 3.05) is 32.7 Å². The highest BCUT2D eigenvalue weighted by atomic mass is 32.1. The van der Waals surface area contributed by atoms with E-state index >= 15 is 0 Å². The molecule has 0 bridgehead atoms. The Morgan fingerprint density at radius 1 is 1.16 bits per heavy atom. The van der Waals surface area contributed by atoms with E-state index in [0.717, 1.165) is 56.1 Å². The summed E-state index contributed by atoms with van der Waals surface area (Å²) in [7, 11) is 0. The highest BCUT2D eigenvalue weighted by Gasteiger charge is 2.24. The van der Waals surface area contributed by atoms with Crippen molar-refractivity contribution in [3.05, 3.63) is 69.1 Å². The van der Waals surface area contributed by atoms with E-state index in [4.69, 9.17) is 0 Å². The Balaban J connectivity index is 1.12. The second-order valence-electron chi connectivity index (χ2n) is 8.40. The first kappa shape index (κ1) is 20.4. The number of nitrogens with zero attached hydrogens (tertiary/aromatic N) is 4. The van der Waals surface area contributed by atoms with Crippen molar-refractivity contribution in [3.8, 4) is 0 Å². The van der Waals surface area contributed by atoms with Crippen LogP contribution in [-0.4, -0.2) is 57.8 Å². The van der Waals surface area contributed by atoms with Gasteiger partial charge in [-0.3, -0.25) is 23.8 Å². The Kier molecular flexibility index (Phi) is 5.85. The number of hydrogen-bond donors (Lipinski definition) is 1. The molecule has 8 heteroatoms. The van der Waals surface area contributed by atoms with E-state index in [9.17, 15) is 9.59 Å². The van der Waals surface area contributed by atoms with Crippen LogP contribution in [0.4, 0.5) is 0 Å². The van der Waals surface area contributed by atoms with Gasteiger partial charge in [0.15, 0.2) is 4.96 Å². The van der Waals surface area contributed by atoms with Gasteiger partial charge in [-0.1, -0.05) is 24.3 Å². The number of hydrogen-bond acceptors (Lipinski definition) is 6. The smallest absolute Gasteiger partial charge is 0.258 e. The number of carbonyl (C=O) groups is 1. The predicted molar refractivity (Wildman–Crippen MR) is 121 cm³/mol. The molecule has 31 heavy (non-hydrogen) atoms. The van der Waals surface area contributed by atoms with Gasteiger partial charge in [-0.2, -0.15) is 0 Å². The molecule has 1 aromatic carbocycles. The molecule has 1 unspecified atom stereocenters. The summed E-state index contributed by atoms with van der Waals surface area (Å²) in [5, 5.41) is 5.13. The number of aromatic nitrogens is 2. The SMILES string of the molecule is O=C(CN1CCN(Cc2cc(=O)n3ccsc3n2)CC1)NC1CCCc2ccccc21. The van der Waals surface area contributed by atoms with Gasteiger partial charge in [-0.05, 0) is 30.4 Å². The first-order valence-electron chi connectivity index (χ1n) is 10.9. The summed E-state index contributed by atoms with van der Waals surface area (Å²) < 4.78 is 1.58. The van der Waals surface area contributed by atoms with Gasteiger partial charge >= 0.3 is 0 Å². The maximum Gasteiger partial charge on any atom is 0.258 e. The third kappa shape index (κ3) is 4.56. The molecule has 7 nitrogen and oxygen atoms in total. The molecule has 2 aliphatic rings. The zero-order valence-corrected chi connectivity index (χ0v) is 18.3. The zero-order chi connectivity index (χ0) is 21.2. The molecule has 1 amide bonds. The summed E-state index contributed by atoms with van der Waals surface area (Å²) in [5.74, 6) is 0.105. The van der Waals surface area contributed by atoms with Gasteiger partial charge in [0.05, 0.1) is 18.3 Å². The van der Waals surface area contributed by atoms with Crippen LogP contribution in [-0.2, 0) is 17.8 Å². The minimum atomic E-state index is -0.0270. The topological polar surface area (TPSA) is 70.0 Å². The summed E-state index contributed by atoms with van der Waals surface area (Å²) in [6, 6.07) is 10.2. The Morgan fingerprint density at radius 3 is 2.84 bits per heavy atom. The molecule has 1 aliphatic carbocycles. The van der Waals surface area contributed by atoms with Gasteiger partial charge in [0.2, 0.25) is 5.91 Å². The van der Waals surface area contributed by atoms with E-state index in [1.807, 2.05) is 5.38 Å². The van der Waals surface area contributed by atoms with Crippen molar-refractivity contribution < 1.29 is 4.79 Å². The lowest BCUT2D eigenvalue weighted by molar-refractivity contribution is -0.123. The molecule has 0 saturated carbocycles. The Hall–Kier alpha value is -2.55. The molecule has 1 aliphatic heterocycles. The van der Waals surface area contributed by atoms with Crippen LogP contribution < -0.4 is 10.9 Å². The van der Waals surface area contributed by atoms with E-state index in [-0.39, 0.29) is 17.5 Å². The fourth-order valence-electron chi connectivity index (χ4n) is 4.65. The second-order valence-corrected chi connectivity index (χ2v) is 9.28. The standard InChI is InChI=1S/C23H27N5O2S/c29-21(25-20-7-3-5-17-4-1-2-6-19(17)20)16-27-10-8-26(9-11-27)15-18-14-22(30)28-12-13-31-23(28)24-18/h1-2,4,6,12-14,20H,3,5,7-11,15-16H2,(H,25,29). The Bertz CT molecular complexity index is 1130. The lowest BCUT2D eigenvalue weighted by Gasteiger charge is -2.34. The minimum Gasteiger partial charge on any atom is -0.348 e. The Morgan fingerprint density at radius 2 is 1.97 bits per heavy atom. The maximum absolute atomic E-state index is 12.7. The summed E-state index contributed by atoms with van der Waals surface area (Å²) in [6.07, 6.45) is 4.99. The molecule has 3 aromatic rings. The molecular weight excluding hydrogens is 410 g/mol. The van der Waals surface area contributed by atoms with Crippen molar-refractivity contribution in [1.82, 2.24) is 24.5 Å². The first-order valence-corrected chi connectivity index (χ1v) is 11.8. The fourth-order valence-corrected chi connectivity index (χ4v) is 5.39. The van der Waals surface area contributed by atoms with Gasteiger partial charge in [-0.15, -0.1) is 11.3 Å². The number of nitrogens with one attached hydrogen (secondary N) is 1. The van der Waals surface area contributed by atoms with Gasteiger partial charge in [0, 0.05) is 50.4 Å². The summed E-state index contributed by atoms with van der Waals surface area (Å²) in [6.45, 7) is 4.52. The monoisotopic (exact) mass is 437 g/mol. The predicted octanol–water partition coefficient (Wildman–Crippen LogP) is 2.07. The zero-order valence-electron chi connectivity index (χ0n) is 17.5. The molecule has 1 saturated heterocycles. The van der Waals surface area contributed by atoms with E-state index in [1.54, 1.807) is 16.7 Å². The maximum atomic E-state index is 12.7. The lowest BCUT2D eigenvalue weighted by atomic mass is 9.88. The second kappa shape index (κ2) is 8.90. The number of fused-ring (bicyclic) bond motifs is 2. The van der Waals surface area contributed by atoms with Crippen molar-refractivity contribution in [2.45, 2.75) is 31.8 Å². The molecule has 1 atom stereocenters. The average molecular weight is 438 g/mol. The number of aryl methyl sites for hydroxylation is 1. The lowest BCUT2D eigenvalue weighted by Crippen LogP contribution is -2.49. The first-order chi connectivity index (χ1) is 15.2. The summed E-state index contributed by atoms with van der Waals surface area (Å²) in [4.78, 5) is 34.7. The van der Waals surface area contributed by atoms with Crippen LogP contribution in [0.3, 0.4) is 0 Å². The Labute approximate surface area is 185 Å². The van der Waals surface area contributed by atoms with Crippen LogP contribution in [0.1, 0.15) is 35.7 Å². The highest BCUT2D eigenvalue weighted by Crippen LogP contribution is 2.29. The molecule has 162 valence electrons. The van der Waals surface area contributed by atoms with E-state index in [1.165, 1.54) is 22.5 Å². The number of carbonyl (C=O) groups excluding carboxylic acids is 1. The quantitative estimate of drug-likeness (QED) is 0.662. The van der Waals surface area contributed by atoms with Crippen LogP contribution in [0, 0.1) is 0 Å². The highest BCUT2D eigenvalue weighted by molar-refractivity contribution is 7.15. The number of rotatable bonds is 5. The number of piperazine rings is 1. The molecular formula is C23H27N5O2S. The average Bonchev–Trinajstić information content (AvgIpc) is 3.25. The van der Waals surface area contributed by atoms with Gasteiger partial charge in [-0.25, -0.2) is 4.98 Å². The molecule has 0 radical (unpaired) electrons. The van der Waals surface area contributed by atoms with Crippen molar-refractivity contribution in [3.63, 3.8) is 0 Å². The number of benzene rings is 1. The summed E-state index contributed by atoms with van der Waals surface area (Å²) >= 11 is 1.48. The van der Waals surface area contributed by atoms with E-state index < -0.39 is 0 Å². The molecule has 3 heterocycles. The molecule has 0 spiro atoms. The molecule has 5 rings (SSSR count).